The maximum Gasteiger partial charge on any atom is 0.326 e. The Morgan fingerprint density at radius 1 is 0.429 bits per heavy atom. The Labute approximate surface area is 580 Å². The van der Waals surface area contributed by atoms with E-state index in [1.165, 1.54) is 12.1 Å². The number of aliphatic carboxylic acids is 5. The summed E-state index contributed by atoms with van der Waals surface area (Å²) in [6.45, 7) is 1.31. The Morgan fingerprint density at radius 3 is 1.30 bits per heavy atom. The van der Waals surface area contributed by atoms with Gasteiger partial charge in [-0.25, -0.2) is 19.2 Å². The summed E-state index contributed by atoms with van der Waals surface area (Å²) in [5.74, 6) is -11.7. The molecule has 98 heavy (non-hydrogen) atoms. The maximum absolute atomic E-state index is 14.5. The number of urea groups is 1. The highest BCUT2D eigenvalue weighted by Gasteiger charge is 2.33. The average Bonchev–Trinajstić information content (AvgIpc) is 0.864. The highest BCUT2D eigenvalue weighted by molar-refractivity contribution is 14.1. The molecule has 19 N–H and O–H groups in total. The topological polar surface area (TPSA) is 536 Å². The van der Waals surface area contributed by atoms with Gasteiger partial charge >= 0.3 is 35.9 Å². The first-order valence-corrected chi connectivity index (χ1v) is 33.5. The predicted molar refractivity (Wildman–Crippen MR) is 360 cm³/mol. The quantitative estimate of drug-likeness (QED) is 0.0257. The summed E-state index contributed by atoms with van der Waals surface area (Å²) in [7, 11) is 0. The third-order valence-electron chi connectivity index (χ3n) is 15.9. The Balaban J connectivity index is 1.58. The Hall–Kier alpha value is -8.81. The van der Waals surface area contributed by atoms with Crippen LogP contribution in [0, 0.1) is 3.57 Å². The zero-order valence-corrected chi connectivity index (χ0v) is 57.0. The molecular formula is C63H95IN14O20. The molecule has 1 aliphatic heterocycles. The molecule has 1 aliphatic rings. The summed E-state index contributed by atoms with van der Waals surface area (Å²) in [6, 6.07) is 3.51. The molecule has 0 bridgehead atoms. The second-order valence-corrected chi connectivity index (χ2v) is 25.0. The molecule has 34 nitrogen and oxygen atoms in total. The van der Waals surface area contributed by atoms with E-state index in [4.69, 9.17) is 22.3 Å². The fourth-order valence-corrected chi connectivity index (χ4v) is 11.2. The van der Waals surface area contributed by atoms with Crippen molar-refractivity contribution in [2.24, 2.45) is 17.2 Å². The number of nitrogens with two attached hydrogens (primary N) is 3. The van der Waals surface area contributed by atoms with Gasteiger partial charge in [-0.1, -0.05) is 49.2 Å². The van der Waals surface area contributed by atoms with E-state index in [9.17, 15) is 92.7 Å². The molecule has 0 radical (unpaired) electrons. The number of halogens is 1. The van der Waals surface area contributed by atoms with Crippen LogP contribution in [0.3, 0.4) is 0 Å². The number of phenolic OH excluding ortho intramolecular Hbond substituents is 1. The minimum atomic E-state index is -1.54. The van der Waals surface area contributed by atoms with Crippen molar-refractivity contribution in [1.82, 2.24) is 56.8 Å². The van der Waals surface area contributed by atoms with Crippen molar-refractivity contribution in [3.63, 3.8) is 0 Å². The lowest BCUT2D eigenvalue weighted by molar-refractivity contribution is -0.145. The zero-order chi connectivity index (χ0) is 72.7. The Morgan fingerprint density at radius 2 is 0.857 bits per heavy atom. The van der Waals surface area contributed by atoms with Crippen molar-refractivity contribution in [2.45, 2.75) is 152 Å². The largest absolute Gasteiger partial charge is 0.507 e. The molecule has 544 valence electrons. The molecular weight excluding hydrogens is 1400 g/mol. The maximum atomic E-state index is 14.5. The number of nitrogens with one attached hydrogen (secondary N) is 7. The van der Waals surface area contributed by atoms with Gasteiger partial charge in [0.1, 0.15) is 42.0 Å². The third-order valence-corrected chi connectivity index (χ3v) is 16.8. The van der Waals surface area contributed by atoms with Gasteiger partial charge in [0, 0.05) is 104 Å². The molecule has 1 heterocycles. The lowest BCUT2D eigenvalue weighted by Crippen LogP contribution is -2.57. The number of carboxylic acids is 5. The van der Waals surface area contributed by atoms with E-state index in [2.05, 4.69) is 37.2 Å². The molecule has 1 fully saturated rings. The summed E-state index contributed by atoms with van der Waals surface area (Å²) >= 11 is 1.89. The van der Waals surface area contributed by atoms with Crippen molar-refractivity contribution >= 4 is 106 Å². The van der Waals surface area contributed by atoms with Gasteiger partial charge in [0.2, 0.25) is 47.3 Å². The normalized spacial score (nSPS) is 15.3. The minimum Gasteiger partial charge on any atom is -0.507 e. The number of carbonyl (C=O) groups is 14. The van der Waals surface area contributed by atoms with Gasteiger partial charge in [0.25, 0.3) is 0 Å². The second-order valence-electron chi connectivity index (χ2n) is 23.9. The predicted octanol–water partition coefficient (Wildman–Crippen LogP) is -1.78. The number of hydrogen-bond donors (Lipinski definition) is 16. The molecule has 35 heteroatoms. The van der Waals surface area contributed by atoms with Gasteiger partial charge < -0.3 is 85.1 Å². The Kier molecular flexibility index (Phi) is 38.9. The number of benzene rings is 2. The second kappa shape index (κ2) is 45.6. The van der Waals surface area contributed by atoms with Crippen LogP contribution in [0.2, 0.25) is 0 Å². The summed E-state index contributed by atoms with van der Waals surface area (Å²) in [4.78, 5) is 182. The molecule has 0 spiro atoms. The summed E-state index contributed by atoms with van der Waals surface area (Å²) in [6.07, 6.45) is 1.99. The van der Waals surface area contributed by atoms with Crippen LogP contribution >= 0.6 is 22.6 Å². The van der Waals surface area contributed by atoms with E-state index < -0.39 is 127 Å². The smallest absolute Gasteiger partial charge is 0.326 e. The van der Waals surface area contributed by atoms with Gasteiger partial charge in [0.05, 0.1) is 23.2 Å². The molecule has 3 rings (SSSR count). The van der Waals surface area contributed by atoms with Crippen LogP contribution < -0.4 is 54.4 Å². The number of rotatable bonds is 45. The zero-order valence-electron chi connectivity index (χ0n) is 54.8. The summed E-state index contributed by atoms with van der Waals surface area (Å²) in [5.41, 5.74) is 17.7. The number of carboxylic acid groups (broad SMARTS) is 5. The standard InChI is InChI=1S/C63H95IN14O20/c64-42-34-41(18-21-49(42)79)36-46(70-55(85)22-20-48(62(96)97)78-32-30-76(38-51(66)81)28-26-75(37-50(65)80)27-29-77(31-33-78)39-52(67)82)57(88)72-47(35-40-12-4-3-5-13-40)58(89)71-43(59(90)91)14-8-10-24-68-53(83)16-6-1-2-7-17-54(84)69-25-11-9-15-44(60(92)93)73-63(98)74-45(61(94)95)19-23-56(86)87/h3-5,12-13,18,21,34,43-48,79H,1-2,6-11,14-17,19-20,22-33,35-39H2,(H2,65,80)(H2,66,81)(H2,67,82)(H,68,83)(H,69,84)(H,70,85)(H,71,89)(H,72,88)(H,86,87)(H,90,91)(H,92,93)(H,94,95)(H,96,97)(H2,73,74,98)/t43?,44?,45?,46-,47-,48?/m1/s1. The number of amides is 10. The van der Waals surface area contributed by atoms with Crippen LogP contribution in [0.4, 0.5) is 4.79 Å². The van der Waals surface area contributed by atoms with Gasteiger partial charge in [-0.15, -0.1) is 0 Å². The molecule has 0 aromatic heterocycles. The van der Waals surface area contributed by atoms with E-state index in [-0.39, 0.29) is 160 Å². The van der Waals surface area contributed by atoms with E-state index in [0.717, 1.165) is 0 Å². The lowest BCUT2D eigenvalue weighted by atomic mass is 10.0. The van der Waals surface area contributed by atoms with Gasteiger partial charge in [-0.05, 0) is 110 Å². The number of hydrogen-bond acceptors (Lipinski definition) is 19. The highest BCUT2D eigenvalue weighted by Crippen LogP contribution is 2.22. The van der Waals surface area contributed by atoms with Crippen LogP contribution in [-0.4, -0.2) is 255 Å². The average molecular weight is 1500 g/mol. The van der Waals surface area contributed by atoms with Crippen LogP contribution in [0.15, 0.2) is 48.5 Å². The number of unbranched alkanes of at least 4 members (excludes halogenated alkanes) is 5. The number of carbonyl (C=O) groups excluding carboxylic acids is 9. The third kappa shape index (κ3) is 35.4. The summed E-state index contributed by atoms with van der Waals surface area (Å²) < 4.78 is 0.420. The van der Waals surface area contributed by atoms with E-state index in [0.29, 0.717) is 53.2 Å². The minimum absolute atomic E-state index is 0.0279. The fraction of sp³-hybridized carbons (Fsp3) is 0.587. The van der Waals surface area contributed by atoms with Crippen LogP contribution in [0.1, 0.15) is 114 Å². The monoisotopic (exact) mass is 1490 g/mol. The van der Waals surface area contributed by atoms with E-state index in [1.807, 2.05) is 22.6 Å². The lowest BCUT2D eigenvalue weighted by Gasteiger charge is -2.35. The first-order valence-electron chi connectivity index (χ1n) is 32.4. The number of aromatic hydroxyl groups is 1. The van der Waals surface area contributed by atoms with Crippen LogP contribution in [-0.2, 0) is 75.2 Å². The molecule has 2 aromatic carbocycles. The first kappa shape index (κ1) is 83.4. The Bertz CT molecular complexity index is 2970. The van der Waals surface area contributed by atoms with Crippen molar-refractivity contribution in [1.29, 1.82) is 0 Å². The highest BCUT2D eigenvalue weighted by atomic mass is 127. The molecule has 6 atom stereocenters. The molecule has 0 saturated carbocycles. The number of phenols is 1. The van der Waals surface area contributed by atoms with Gasteiger partial charge in [0.15, 0.2) is 0 Å². The summed E-state index contributed by atoms with van der Waals surface area (Å²) in [5, 5.41) is 76.5. The number of nitrogens with zero attached hydrogens (tertiary/aromatic N) is 4. The van der Waals surface area contributed by atoms with Crippen LogP contribution in [0.5, 0.6) is 5.75 Å². The molecule has 4 unspecified atom stereocenters. The molecule has 2 aromatic rings. The molecule has 0 aliphatic carbocycles. The van der Waals surface area contributed by atoms with Gasteiger partial charge in [-0.3, -0.25) is 67.5 Å². The fourth-order valence-electron chi connectivity index (χ4n) is 10.6. The first-order chi connectivity index (χ1) is 46.5. The van der Waals surface area contributed by atoms with Crippen LogP contribution in [0.25, 0.3) is 0 Å². The molecule has 10 amide bonds. The van der Waals surface area contributed by atoms with Crippen molar-refractivity contribution < 1.29 is 97.8 Å². The van der Waals surface area contributed by atoms with Crippen molar-refractivity contribution in [3.05, 3.63) is 63.2 Å². The van der Waals surface area contributed by atoms with Gasteiger partial charge in [-0.2, -0.15) is 0 Å². The SMILES string of the molecule is NC(=O)CN1CCN(CC(N)=O)CCN(C(CCC(=O)N[C@H](Cc2ccc(O)c(I)c2)C(=O)N[C@H](Cc2ccccc2)C(=O)NC(CCCCNC(=O)CCCCCCC(=O)NCCCCC(NC(=O)NC(CCC(=O)O)C(=O)O)C(=O)O)C(=O)O)C(=O)O)CCN(CC(N)=O)CC1. The van der Waals surface area contributed by atoms with E-state index in [1.54, 1.807) is 56.0 Å². The van der Waals surface area contributed by atoms with E-state index >= 15 is 0 Å². The van der Waals surface area contributed by atoms with Crippen molar-refractivity contribution in [2.75, 3.05) is 85.1 Å². The molecule has 1 saturated heterocycles. The van der Waals surface area contributed by atoms with Crippen molar-refractivity contribution in [3.8, 4) is 5.75 Å². The number of primary amides is 3.